The van der Waals surface area contributed by atoms with Crippen LogP contribution in [0.3, 0.4) is 0 Å². The molecular weight excluding hydrogens is 226 g/mol. The van der Waals surface area contributed by atoms with Gasteiger partial charge in [-0.15, -0.1) is 0 Å². The van der Waals surface area contributed by atoms with E-state index in [0.29, 0.717) is 17.9 Å². The smallest absolute Gasteiger partial charge is 0.317 e. The number of hydrogen-bond donors (Lipinski definition) is 1. The zero-order valence-corrected chi connectivity index (χ0v) is 12.4. The van der Waals surface area contributed by atoms with Crippen molar-refractivity contribution in [3.63, 3.8) is 0 Å². The van der Waals surface area contributed by atoms with Crippen molar-refractivity contribution < 1.29 is 9.90 Å². The molecule has 1 saturated carbocycles. The van der Waals surface area contributed by atoms with Gasteiger partial charge in [0.25, 0.3) is 0 Å². The van der Waals surface area contributed by atoms with Gasteiger partial charge in [-0.3, -0.25) is 9.69 Å². The molecule has 1 aliphatic carbocycles. The van der Waals surface area contributed by atoms with Crippen LogP contribution in [-0.2, 0) is 4.79 Å². The molecule has 0 spiro atoms. The molecular formula is C15H29NO2. The van der Waals surface area contributed by atoms with E-state index in [4.69, 9.17) is 5.11 Å². The molecule has 1 aliphatic rings. The Kier molecular flexibility index (Phi) is 6.13. The summed E-state index contributed by atoms with van der Waals surface area (Å²) in [5, 5.41) is 9.09. The third-order valence-corrected chi connectivity index (χ3v) is 3.53. The predicted molar refractivity (Wildman–Crippen MR) is 74.6 cm³/mol. The molecule has 0 heterocycles. The van der Waals surface area contributed by atoms with E-state index in [9.17, 15) is 4.79 Å². The van der Waals surface area contributed by atoms with Crippen LogP contribution >= 0.6 is 0 Å². The Morgan fingerprint density at radius 2 is 1.67 bits per heavy atom. The Morgan fingerprint density at radius 3 is 2.00 bits per heavy atom. The third kappa shape index (κ3) is 6.39. The lowest BCUT2D eigenvalue weighted by Crippen LogP contribution is -2.42. The van der Waals surface area contributed by atoms with Crippen molar-refractivity contribution in [1.29, 1.82) is 0 Å². The fraction of sp³-hybridized carbons (Fsp3) is 0.933. The van der Waals surface area contributed by atoms with Crippen LogP contribution in [-0.4, -0.2) is 35.1 Å². The molecule has 106 valence electrons. The molecule has 0 amide bonds. The molecule has 0 saturated heterocycles. The van der Waals surface area contributed by atoms with Gasteiger partial charge in [-0.1, -0.05) is 27.7 Å². The summed E-state index contributed by atoms with van der Waals surface area (Å²) < 4.78 is 0. The highest BCUT2D eigenvalue weighted by atomic mass is 16.4. The van der Waals surface area contributed by atoms with Crippen LogP contribution in [0.15, 0.2) is 0 Å². The first kappa shape index (κ1) is 15.5. The van der Waals surface area contributed by atoms with Crippen LogP contribution in [0.1, 0.15) is 53.4 Å². The van der Waals surface area contributed by atoms with Crippen LogP contribution in [0.4, 0.5) is 0 Å². The second kappa shape index (κ2) is 7.13. The van der Waals surface area contributed by atoms with Crippen LogP contribution in [0.2, 0.25) is 0 Å². The maximum absolute atomic E-state index is 11.0. The van der Waals surface area contributed by atoms with Gasteiger partial charge < -0.3 is 5.11 Å². The number of nitrogens with zero attached hydrogens (tertiary/aromatic N) is 1. The van der Waals surface area contributed by atoms with E-state index < -0.39 is 5.97 Å². The highest BCUT2D eigenvalue weighted by Crippen LogP contribution is 2.31. The summed E-state index contributed by atoms with van der Waals surface area (Å²) in [6.07, 6.45) is 4.79. The molecule has 0 unspecified atom stereocenters. The zero-order valence-electron chi connectivity index (χ0n) is 12.4. The first-order valence-electron chi connectivity index (χ1n) is 7.34. The average molecular weight is 255 g/mol. The van der Waals surface area contributed by atoms with Gasteiger partial charge in [0, 0.05) is 12.6 Å². The van der Waals surface area contributed by atoms with Gasteiger partial charge in [0.15, 0.2) is 0 Å². The van der Waals surface area contributed by atoms with Crippen molar-refractivity contribution in [3.8, 4) is 0 Å². The molecule has 0 aromatic rings. The van der Waals surface area contributed by atoms with E-state index in [1.807, 2.05) is 0 Å². The highest BCUT2D eigenvalue weighted by molar-refractivity contribution is 5.69. The second-order valence-electron chi connectivity index (χ2n) is 6.68. The summed E-state index contributed by atoms with van der Waals surface area (Å²) in [6, 6.07) is 0.432. The summed E-state index contributed by atoms with van der Waals surface area (Å²) in [4.78, 5) is 13.3. The van der Waals surface area contributed by atoms with Crippen molar-refractivity contribution in [1.82, 2.24) is 4.90 Å². The van der Waals surface area contributed by atoms with Gasteiger partial charge in [0.2, 0.25) is 0 Å². The fourth-order valence-corrected chi connectivity index (χ4v) is 2.63. The van der Waals surface area contributed by atoms with E-state index >= 15 is 0 Å². The van der Waals surface area contributed by atoms with Crippen molar-refractivity contribution in [2.24, 2.45) is 17.8 Å². The number of carboxylic acid groups (broad SMARTS) is 1. The first-order chi connectivity index (χ1) is 8.38. The Labute approximate surface area is 112 Å². The van der Waals surface area contributed by atoms with Gasteiger partial charge in [-0.05, 0) is 43.4 Å². The molecule has 0 aromatic carbocycles. The van der Waals surface area contributed by atoms with Gasteiger partial charge in [0.1, 0.15) is 0 Å². The van der Waals surface area contributed by atoms with Gasteiger partial charge >= 0.3 is 5.97 Å². The van der Waals surface area contributed by atoms with E-state index in [0.717, 1.165) is 25.3 Å². The number of hydrogen-bond acceptors (Lipinski definition) is 2. The molecule has 3 nitrogen and oxygen atoms in total. The summed E-state index contributed by atoms with van der Waals surface area (Å²) in [7, 11) is 0. The monoisotopic (exact) mass is 255 g/mol. The van der Waals surface area contributed by atoms with Crippen molar-refractivity contribution in [2.45, 2.75) is 59.4 Å². The molecule has 0 aromatic heterocycles. The van der Waals surface area contributed by atoms with Crippen LogP contribution in [0.25, 0.3) is 0 Å². The van der Waals surface area contributed by atoms with Gasteiger partial charge in [-0.25, -0.2) is 0 Å². The van der Waals surface area contributed by atoms with Crippen molar-refractivity contribution in [3.05, 3.63) is 0 Å². The van der Waals surface area contributed by atoms with Crippen LogP contribution in [0.5, 0.6) is 0 Å². The lowest BCUT2D eigenvalue weighted by atomic mass is 9.94. The van der Waals surface area contributed by atoms with E-state index in [2.05, 4.69) is 32.6 Å². The van der Waals surface area contributed by atoms with Crippen LogP contribution < -0.4 is 0 Å². The summed E-state index contributed by atoms with van der Waals surface area (Å²) >= 11 is 0. The summed E-state index contributed by atoms with van der Waals surface area (Å²) in [6.45, 7) is 10.1. The second-order valence-corrected chi connectivity index (χ2v) is 6.68. The van der Waals surface area contributed by atoms with Gasteiger partial charge in [0.05, 0.1) is 6.54 Å². The normalized spacial score (nSPS) is 16.2. The molecule has 0 aliphatic heterocycles. The topological polar surface area (TPSA) is 40.5 Å². The molecule has 0 bridgehead atoms. The maximum Gasteiger partial charge on any atom is 0.317 e. The van der Waals surface area contributed by atoms with Crippen LogP contribution in [0, 0.1) is 17.8 Å². The minimum Gasteiger partial charge on any atom is -0.480 e. The maximum atomic E-state index is 11.0. The standard InChI is InChI=1S/C15H29NO2/c1-11(2)7-14(8-12(3)4)16(10-15(17)18)9-13-5-6-13/h11-14H,5-10H2,1-4H3,(H,17,18). The van der Waals surface area contributed by atoms with Crippen molar-refractivity contribution >= 4 is 5.97 Å². The zero-order chi connectivity index (χ0) is 13.7. The van der Waals surface area contributed by atoms with Gasteiger partial charge in [-0.2, -0.15) is 0 Å². The first-order valence-corrected chi connectivity index (χ1v) is 7.34. The summed E-state index contributed by atoms with van der Waals surface area (Å²) in [5.41, 5.74) is 0. The number of carbonyl (C=O) groups is 1. The van der Waals surface area contributed by atoms with E-state index in [1.165, 1.54) is 12.8 Å². The molecule has 0 radical (unpaired) electrons. The quantitative estimate of drug-likeness (QED) is 0.687. The average Bonchev–Trinajstić information content (AvgIpc) is 2.97. The minimum atomic E-state index is -0.687. The Bertz CT molecular complexity index is 249. The predicted octanol–water partition coefficient (Wildman–Crippen LogP) is 3.24. The minimum absolute atomic E-state index is 0.209. The molecule has 3 heteroatoms. The number of rotatable bonds is 9. The Balaban J connectivity index is 2.62. The third-order valence-electron chi connectivity index (χ3n) is 3.53. The highest BCUT2D eigenvalue weighted by Gasteiger charge is 2.29. The SMILES string of the molecule is CC(C)CC(CC(C)C)N(CC(=O)O)CC1CC1. The lowest BCUT2D eigenvalue weighted by Gasteiger charge is -2.33. The summed E-state index contributed by atoms with van der Waals surface area (Å²) in [5.74, 6) is 1.33. The largest absolute Gasteiger partial charge is 0.480 e. The fourth-order valence-electron chi connectivity index (χ4n) is 2.63. The molecule has 1 rings (SSSR count). The molecule has 18 heavy (non-hydrogen) atoms. The molecule has 0 atom stereocenters. The Hall–Kier alpha value is -0.570. The lowest BCUT2D eigenvalue weighted by molar-refractivity contribution is -0.139. The molecule has 1 N–H and O–H groups in total. The van der Waals surface area contributed by atoms with Crippen molar-refractivity contribution in [2.75, 3.05) is 13.1 Å². The number of aliphatic carboxylic acids is 1. The number of carboxylic acids is 1. The van der Waals surface area contributed by atoms with E-state index in [-0.39, 0.29) is 6.54 Å². The van der Waals surface area contributed by atoms with E-state index in [1.54, 1.807) is 0 Å². The molecule has 1 fully saturated rings. The Morgan fingerprint density at radius 1 is 1.17 bits per heavy atom.